The highest BCUT2D eigenvalue weighted by atomic mass is 32.2. The molecule has 5 aromatic rings. The molecule has 0 bridgehead atoms. The lowest BCUT2D eigenvalue weighted by atomic mass is 10.2. The number of hydrogen-bond donors (Lipinski definition) is 2. The molecular formula is C27H25FN6O3S2. The number of sulfone groups is 1. The summed E-state index contributed by atoms with van der Waals surface area (Å²) in [5.41, 5.74) is 3.00. The molecule has 0 aliphatic heterocycles. The maximum absolute atomic E-state index is 13.4. The molecule has 3 heterocycles. The molecule has 0 amide bonds. The Morgan fingerprint density at radius 3 is 2.64 bits per heavy atom. The highest BCUT2D eigenvalue weighted by molar-refractivity contribution is 7.90. The summed E-state index contributed by atoms with van der Waals surface area (Å²) >= 11 is 1.49. The first-order valence-electron chi connectivity index (χ1n) is 12.0. The number of nitrogens with one attached hydrogen (secondary N) is 2. The number of fused-ring (bicyclic) bond motifs is 1. The van der Waals surface area contributed by atoms with E-state index in [1.807, 2.05) is 36.4 Å². The smallest absolute Gasteiger partial charge is 0.148 e. The topological polar surface area (TPSA) is 119 Å². The van der Waals surface area contributed by atoms with Crippen molar-refractivity contribution in [3.8, 4) is 16.3 Å². The fourth-order valence-corrected chi connectivity index (χ4v) is 5.09. The van der Waals surface area contributed by atoms with E-state index in [2.05, 4.69) is 30.6 Å². The van der Waals surface area contributed by atoms with E-state index in [0.29, 0.717) is 30.2 Å². The quantitative estimate of drug-likeness (QED) is 0.219. The first-order chi connectivity index (χ1) is 18.8. The number of aromatic nitrogens is 4. The molecule has 0 atom stereocenters. The minimum Gasteiger partial charge on any atom is -0.489 e. The normalized spacial score (nSPS) is 11.5. The number of anilines is 2. The predicted molar refractivity (Wildman–Crippen MR) is 150 cm³/mol. The van der Waals surface area contributed by atoms with Gasteiger partial charge in [-0.05, 0) is 48.0 Å². The summed E-state index contributed by atoms with van der Waals surface area (Å²) in [6.45, 7) is 1.12. The summed E-state index contributed by atoms with van der Waals surface area (Å²) in [4.78, 5) is 18.6. The summed E-state index contributed by atoms with van der Waals surface area (Å²) in [5.74, 6) is 1.08. The van der Waals surface area contributed by atoms with Gasteiger partial charge in [-0.25, -0.2) is 27.8 Å². The minimum atomic E-state index is -3.01. The Hall–Kier alpha value is -4.00. The Labute approximate surface area is 229 Å². The van der Waals surface area contributed by atoms with E-state index < -0.39 is 9.84 Å². The third kappa shape index (κ3) is 7.31. The van der Waals surface area contributed by atoms with E-state index in [0.717, 1.165) is 32.2 Å². The van der Waals surface area contributed by atoms with Gasteiger partial charge in [-0.3, -0.25) is 4.98 Å². The molecule has 12 heteroatoms. The zero-order valence-electron chi connectivity index (χ0n) is 21.0. The van der Waals surface area contributed by atoms with Gasteiger partial charge in [-0.1, -0.05) is 12.1 Å². The van der Waals surface area contributed by atoms with Crippen molar-refractivity contribution in [2.75, 3.05) is 23.9 Å². The molecule has 3 aromatic heterocycles. The van der Waals surface area contributed by atoms with Crippen LogP contribution < -0.4 is 15.4 Å². The molecule has 0 radical (unpaired) electrons. The van der Waals surface area contributed by atoms with Crippen LogP contribution in [0.2, 0.25) is 0 Å². The van der Waals surface area contributed by atoms with Crippen LogP contribution in [0.4, 0.5) is 15.9 Å². The Morgan fingerprint density at radius 2 is 1.85 bits per heavy atom. The van der Waals surface area contributed by atoms with Gasteiger partial charge in [-0.2, -0.15) is 0 Å². The molecule has 5 rings (SSSR count). The lowest BCUT2D eigenvalue weighted by Gasteiger charge is -2.10. The number of halogens is 1. The first-order valence-corrected chi connectivity index (χ1v) is 14.9. The summed E-state index contributed by atoms with van der Waals surface area (Å²) in [5, 5.41) is 8.07. The van der Waals surface area contributed by atoms with Gasteiger partial charge < -0.3 is 15.4 Å². The van der Waals surface area contributed by atoms with E-state index in [1.165, 1.54) is 36.1 Å². The van der Waals surface area contributed by atoms with E-state index >= 15 is 0 Å². The van der Waals surface area contributed by atoms with Gasteiger partial charge in [0.2, 0.25) is 0 Å². The zero-order valence-corrected chi connectivity index (χ0v) is 22.6. The van der Waals surface area contributed by atoms with Crippen LogP contribution >= 0.6 is 11.3 Å². The molecular weight excluding hydrogens is 539 g/mol. The van der Waals surface area contributed by atoms with Crippen LogP contribution in [0, 0.1) is 5.82 Å². The Kier molecular flexibility index (Phi) is 8.05. The Balaban J connectivity index is 1.26. The third-order valence-corrected chi connectivity index (χ3v) is 7.63. The van der Waals surface area contributed by atoms with Gasteiger partial charge in [0, 0.05) is 36.6 Å². The van der Waals surface area contributed by atoms with Crippen LogP contribution in [0.1, 0.15) is 10.6 Å². The van der Waals surface area contributed by atoms with E-state index in [9.17, 15) is 12.8 Å². The van der Waals surface area contributed by atoms with Crippen molar-refractivity contribution in [1.29, 1.82) is 0 Å². The summed E-state index contributed by atoms with van der Waals surface area (Å²) in [6.07, 6.45) is 6.15. The van der Waals surface area contributed by atoms with Crippen molar-refractivity contribution in [3.05, 3.63) is 89.7 Å². The molecule has 0 saturated heterocycles. The second-order valence-electron chi connectivity index (χ2n) is 8.80. The van der Waals surface area contributed by atoms with Gasteiger partial charge in [0.05, 0.1) is 28.0 Å². The van der Waals surface area contributed by atoms with Crippen LogP contribution in [-0.4, -0.2) is 46.9 Å². The molecule has 39 heavy (non-hydrogen) atoms. The minimum absolute atomic E-state index is 0.0813. The number of thiazole rings is 1. The van der Waals surface area contributed by atoms with Gasteiger partial charge in [0.1, 0.15) is 45.2 Å². The molecule has 0 spiro atoms. The van der Waals surface area contributed by atoms with Crippen LogP contribution in [0.25, 0.3) is 21.5 Å². The molecule has 0 unspecified atom stereocenters. The van der Waals surface area contributed by atoms with Crippen molar-refractivity contribution in [1.82, 2.24) is 25.3 Å². The lowest BCUT2D eigenvalue weighted by molar-refractivity contribution is 0.305. The predicted octanol–water partition coefficient (Wildman–Crippen LogP) is 4.74. The van der Waals surface area contributed by atoms with Crippen LogP contribution in [0.3, 0.4) is 0 Å². The molecule has 0 saturated carbocycles. The second kappa shape index (κ2) is 11.8. The molecule has 2 aromatic carbocycles. The highest BCUT2D eigenvalue weighted by Gasteiger charge is 2.11. The second-order valence-corrected chi connectivity index (χ2v) is 12.2. The Morgan fingerprint density at radius 1 is 1.00 bits per heavy atom. The lowest BCUT2D eigenvalue weighted by Crippen LogP contribution is -2.21. The SMILES string of the molecule is CS(=O)(=O)CCNCc1ncc(-c2cc3c(Nc4ccc(OCc5cccc(F)c5)cc4)ncnc3cn2)s1. The number of nitrogens with zero attached hydrogens (tertiary/aromatic N) is 4. The monoisotopic (exact) mass is 564 g/mol. The molecule has 200 valence electrons. The fourth-order valence-electron chi connectivity index (χ4n) is 3.72. The van der Waals surface area contributed by atoms with Crippen LogP contribution in [-0.2, 0) is 23.0 Å². The maximum atomic E-state index is 13.4. The number of rotatable bonds is 11. The standard InChI is InChI=1S/C27H25FN6O3S2/c1-39(35,36)10-9-29-15-26-31-14-25(38-26)23-12-22-24(13-30-23)32-17-33-27(22)34-20-5-7-21(8-6-20)37-16-18-3-2-4-19(28)11-18/h2-8,11-14,17,29H,9-10,15-16H2,1H3,(H,32,33,34). The summed E-state index contributed by atoms with van der Waals surface area (Å²) < 4.78 is 41.7. The average molecular weight is 565 g/mol. The van der Waals surface area contributed by atoms with E-state index in [1.54, 1.807) is 18.5 Å². The van der Waals surface area contributed by atoms with Crippen LogP contribution in [0.15, 0.2) is 73.3 Å². The van der Waals surface area contributed by atoms with Gasteiger partial charge in [0.15, 0.2) is 0 Å². The summed E-state index contributed by atoms with van der Waals surface area (Å²) in [7, 11) is -3.01. The molecule has 0 aliphatic carbocycles. The average Bonchev–Trinajstić information content (AvgIpc) is 3.39. The van der Waals surface area contributed by atoms with Gasteiger partial charge in [0.25, 0.3) is 0 Å². The molecule has 9 nitrogen and oxygen atoms in total. The largest absolute Gasteiger partial charge is 0.489 e. The molecule has 0 aliphatic rings. The van der Waals surface area contributed by atoms with Crippen molar-refractivity contribution in [2.45, 2.75) is 13.2 Å². The van der Waals surface area contributed by atoms with E-state index in [-0.39, 0.29) is 18.2 Å². The number of benzene rings is 2. The fraction of sp³-hybridized carbons (Fsp3) is 0.185. The number of hydrogen-bond acceptors (Lipinski definition) is 10. The first kappa shape index (κ1) is 26.6. The van der Waals surface area contributed by atoms with Gasteiger partial charge >= 0.3 is 0 Å². The number of ether oxygens (including phenoxy) is 1. The van der Waals surface area contributed by atoms with Crippen molar-refractivity contribution >= 4 is 43.6 Å². The molecule has 2 N–H and O–H groups in total. The highest BCUT2D eigenvalue weighted by Crippen LogP contribution is 2.30. The van der Waals surface area contributed by atoms with Crippen LogP contribution in [0.5, 0.6) is 5.75 Å². The van der Waals surface area contributed by atoms with E-state index in [4.69, 9.17) is 4.74 Å². The maximum Gasteiger partial charge on any atom is 0.148 e. The van der Waals surface area contributed by atoms with Crippen molar-refractivity contribution in [2.24, 2.45) is 0 Å². The number of pyridine rings is 1. The summed E-state index contributed by atoms with van der Waals surface area (Å²) in [6, 6.07) is 15.7. The Bertz CT molecular complexity index is 1690. The van der Waals surface area contributed by atoms with Crippen molar-refractivity contribution < 1.29 is 17.5 Å². The van der Waals surface area contributed by atoms with Crippen molar-refractivity contribution in [3.63, 3.8) is 0 Å². The third-order valence-electron chi connectivity index (χ3n) is 5.67. The van der Waals surface area contributed by atoms with Gasteiger partial charge in [-0.15, -0.1) is 11.3 Å². The zero-order chi connectivity index (χ0) is 27.2. The molecule has 0 fully saturated rings.